The second-order valence-corrected chi connectivity index (χ2v) is 7.55. The van der Waals surface area contributed by atoms with E-state index in [2.05, 4.69) is 15.8 Å². The minimum Gasteiger partial charge on any atom is -0.497 e. The molecule has 0 saturated heterocycles. The first-order valence-corrected chi connectivity index (χ1v) is 10.4. The fraction of sp³-hybridized carbons (Fsp3) is 0.0385. The average molecular weight is 453 g/mol. The Bertz CT molecular complexity index is 1600. The zero-order valence-electron chi connectivity index (χ0n) is 18.0. The maximum absolute atomic E-state index is 13.1. The number of hydrazine groups is 1. The van der Waals surface area contributed by atoms with Crippen molar-refractivity contribution in [2.24, 2.45) is 0 Å². The van der Waals surface area contributed by atoms with E-state index >= 15 is 0 Å². The molecule has 8 nitrogen and oxygen atoms in total. The zero-order chi connectivity index (χ0) is 23.7. The van der Waals surface area contributed by atoms with Crippen molar-refractivity contribution in [1.29, 1.82) is 0 Å². The Balaban J connectivity index is 1.47. The zero-order valence-corrected chi connectivity index (χ0v) is 18.0. The van der Waals surface area contributed by atoms with Gasteiger partial charge in [-0.25, -0.2) is 4.79 Å². The van der Waals surface area contributed by atoms with Gasteiger partial charge < -0.3 is 14.1 Å². The van der Waals surface area contributed by atoms with E-state index < -0.39 is 17.4 Å². The molecule has 0 unspecified atom stereocenters. The Hall–Kier alpha value is -4.85. The van der Waals surface area contributed by atoms with Crippen molar-refractivity contribution in [1.82, 2.24) is 15.8 Å². The number of aromatic amines is 1. The van der Waals surface area contributed by atoms with Crippen LogP contribution in [0.3, 0.4) is 0 Å². The van der Waals surface area contributed by atoms with E-state index in [0.717, 1.165) is 16.5 Å². The monoisotopic (exact) mass is 453 g/mol. The van der Waals surface area contributed by atoms with Crippen molar-refractivity contribution >= 4 is 33.7 Å². The molecule has 0 radical (unpaired) electrons. The molecule has 3 N–H and O–H groups in total. The van der Waals surface area contributed by atoms with E-state index in [-0.39, 0.29) is 11.3 Å². The molecule has 0 aliphatic rings. The third-order valence-corrected chi connectivity index (χ3v) is 5.47. The Morgan fingerprint density at radius 2 is 1.62 bits per heavy atom. The molecule has 5 aromatic rings. The summed E-state index contributed by atoms with van der Waals surface area (Å²) in [5.41, 5.74) is 6.50. The van der Waals surface area contributed by atoms with Crippen LogP contribution in [0.1, 0.15) is 20.8 Å². The van der Waals surface area contributed by atoms with Crippen molar-refractivity contribution in [3.63, 3.8) is 0 Å². The number of para-hydroxylation sites is 1. The lowest BCUT2D eigenvalue weighted by Crippen LogP contribution is -2.43. The van der Waals surface area contributed by atoms with Crippen LogP contribution in [-0.2, 0) is 0 Å². The van der Waals surface area contributed by atoms with Crippen LogP contribution in [0, 0.1) is 0 Å². The van der Waals surface area contributed by atoms with Gasteiger partial charge in [-0.05, 0) is 35.9 Å². The molecule has 0 fully saturated rings. The van der Waals surface area contributed by atoms with Gasteiger partial charge >= 0.3 is 5.63 Å². The molecule has 0 atom stereocenters. The fourth-order valence-electron chi connectivity index (χ4n) is 3.84. The molecular weight excluding hydrogens is 434 g/mol. The van der Waals surface area contributed by atoms with Gasteiger partial charge in [-0.2, -0.15) is 0 Å². The Labute approximate surface area is 193 Å². The van der Waals surface area contributed by atoms with Crippen LogP contribution in [-0.4, -0.2) is 23.9 Å². The number of rotatable bonds is 4. The van der Waals surface area contributed by atoms with E-state index in [9.17, 15) is 14.4 Å². The minimum absolute atomic E-state index is 0.219. The second-order valence-electron chi connectivity index (χ2n) is 7.55. The van der Waals surface area contributed by atoms with Crippen LogP contribution in [0.4, 0.5) is 0 Å². The normalized spacial score (nSPS) is 10.9. The predicted octanol–water partition coefficient (Wildman–Crippen LogP) is 4.02. The summed E-state index contributed by atoms with van der Waals surface area (Å²) in [6.45, 7) is 0. The Kier molecular flexibility index (Phi) is 5.31. The molecular formula is C26H19N3O5. The van der Waals surface area contributed by atoms with Gasteiger partial charge in [0.05, 0.1) is 7.11 Å². The molecule has 5 rings (SSSR count). The van der Waals surface area contributed by atoms with E-state index in [1.54, 1.807) is 37.4 Å². The molecule has 3 aromatic carbocycles. The number of methoxy groups -OCH3 is 1. The van der Waals surface area contributed by atoms with E-state index in [1.807, 2.05) is 42.5 Å². The first-order chi connectivity index (χ1) is 16.5. The van der Waals surface area contributed by atoms with Gasteiger partial charge in [-0.15, -0.1) is 0 Å². The highest BCUT2D eigenvalue weighted by Gasteiger charge is 2.21. The number of nitrogens with one attached hydrogen (secondary N) is 3. The summed E-state index contributed by atoms with van der Waals surface area (Å²) in [7, 11) is 1.57. The number of hydrogen-bond acceptors (Lipinski definition) is 5. The third kappa shape index (κ3) is 3.77. The van der Waals surface area contributed by atoms with Crippen molar-refractivity contribution in [2.45, 2.75) is 0 Å². The lowest BCUT2D eigenvalue weighted by Gasteiger charge is -2.09. The number of aromatic nitrogens is 1. The number of carbonyl (C=O) groups excluding carboxylic acids is 2. The van der Waals surface area contributed by atoms with E-state index in [0.29, 0.717) is 22.3 Å². The molecule has 2 heterocycles. The highest BCUT2D eigenvalue weighted by atomic mass is 16.5. The number of carbonyl (C=O) groups is 2. The van der Waals surface area contributed by atoms with E-state index in [1.165, 1.54) is 6.07 Å². The maximum Gasteiger partial charge on any atom is 0.349 e. The minimum atomic E-state index is -0.798. The molecule has 0 bridgehead atoms. The SMILES string of the molecule is COc1ccc2[nH]c(C(=O)NNC(=O)c3cc4ccccc4oc3=O)c(-c3ccccc3)c2c1. The van der Waals surface area contributed by atoms with Crippen LogP contribution < -0.4 is 21.2 Å². The van der Waals surface area contributed by atoms with Crippen LogP contribution in [0.5, 0.6) is 5.75 Å². The van der Waals surface area contributed by atoms with Gasteiger partial charge in [0.2, 0.25) is 0 Å². The van der Waals surface area contributed by atoms with Gasteiger partial charge in [-0.3, -0.25) is 20.4 Å². The van der Waals surface area contributed by atoms with Crippen molar-refractivity contribution < 1.29 is 18.7 Å². The molecule has 168 valence electrons. The van der Waals surface area contributed by atoms with Gasteiger partial charge in [0.15, 0.2) is 0 Å². The summed E-state index contributed by atoms with van der Waals surface area (Å²) in [4.78, 5) is 41.1. The first kappa shape index (κ1) is 21.0. The second kappa shape index (κ2) is 8.59. The molecule has 2 amide bonds. The summed E-state index contributed by atoms with van der Waals surface area (Å²) in [5, 5.41) is 1.38. The molecule has 0 saturated carbocycles. The first-order valence-electron chi connectivity index (χ1n) is 10.4. The smallest absolute Gasteiger partial charge is 0.349 e. The third-order valence-electron chi connectivity index (χ3n) is 5.47. The molecule has 34 heavy (non-hydrogen) atoms. The summed E-state index contributed by atoms with van der Waals surface area (Å²) >= 11 is 0. The fourth-order valence-corrected chi connectivity index (χ4v) is 3.84. The predicted molar refractivity (Wildman–Crippen MR) is 128 cm³/mol. The van der Waals surface area contributed by atoms with Gasteiger partial charge in [0, 0.05) is 21.9 Å². The summed E-state index contributed by atoms with van der Waals surface area (Å²) in [5.74, 6) is -0.716. The summed E-state index contributed by atoms with van der Waals surface area (Å²) in [6.07, 6.45) is 0. The highest BCUT2D eigenvalue weighted by Crippen LogP contribution is 2.34. The van der Waals surface area contributed by atoms with Crippen molar-refractivity contribution in [2.75, 3.05) is 7.11 Å². The van der Waals surface area contributed by atoms with E-state index in [4.69, 9.17) is 9.15 Å². The summed E-state index contributed by atoms with van der Waals surface area (Å²) < 4.78 is 10.5. The molecule has 2 aromatic heterocycles. The maximum atomic E-state index is 13.1. The number of amides is 2. The number of ether oxygens (including phenoxy) is 1. The van der Waals surface area contributed by atoms with Gasteiger partial charge in [-0.1, -0.05) is 48.5 Å². The lowest BCUT2D eigenvalue weighted by atomic mass is 10.0. The van der Waals surface area contributed by atoms with Crippen LogP contribution in [0.25, 0.3) is 33.0 Å². The molecule has 0 aliphatic heterocycles. The Morgan fingerprint density at radius 1 is 0.882 bits per heavy atom. The van der Waals surface area contributed by atoms with Crippen LogP contribution >= 0.6 is 0 Å². The molecule has 0 aliphatic carbocycles. The highest BCUT2D eigenvalue weighted by molar-refractivity contribution is 6.10. The van der Waals surface area contributed by atoms with Crippen LogP contribution in [0.15, 0.2) is 88.1 Å². The number of benzene rings is 3. The van der Waals surface area contributed by atoms with Crippen molar-refractivity contribution in [3.05, 3.63) is 101 Å². The number of H-pyrrole nitrogens is 1. The van der Waals surface area contributed by atoms with Crippen LogP contribution in [0.2, 0.25) is 0 Å². The quantitative estimate of drug-likeness (QED) is 0.281. The van der Waals surface area contributed by atoms with Crippen molar-refractivity contribution in [3.8, 4) is 16.9 Å². The van der Waals surface area contributed by atoms with Gasteiger partial charge in [0.25, 0.3) is 11.8 Å². The molecule has 0 spiro atoms. The average Bonchev–Trinajstić information content (AvgIpc) is 3.26. The summed E-state index contributed by atoms with van der Waals surface area (Å²) in [6, 6.07) is 23.1. The largest absolute Gasteiger partial charge is 0.497 e. The van der Waals surface area contributed by atoms with Gasteiger partial charge in [0.1, 0.15) is 22.6 Å². The number of hydrogen-bond donors (Lipinski definition) is 3. The molecule has 8 heteroatoms. The Morgan fingerprint density at radius 3 is 2.41 bits per heavy atom. The standard InChI is InChI=1S/C26H19N3O5/c1-33-17-11-12-20-18(14-17)22(15-7-3-2-4-8-15)23(27-20)25(31)29-28-24(30)19-13-16-9-5-6-10-21(16)34-26(19)32/h2-14,27H,1H3,(H,28,30)(H,29,31). The number of fused-ring (bicyclic) bond motifs is 2. The topological polar surface area (TPSA) is 113 Å². The lowest BCUT2D eigenvalue weighted by molar-refractivity contribution is 0.0842.